The van der Waals surface area contributed by atoms with E-state index in [4.69, 9.17) is 0 Å². The third-order valence-corrected chi connectivity index (χ3v) is 5.83. The van der Waals surface area contributed by atoms with Gasteiger partial charge in [0.2, 0.25) is 5.91 Å². The molecule has 0 fully saturated rings. The number of carbonyl (C=O) groups is 1. The molecular weight excluding hydrogens is 424 g/mol. The number of nitrogens with one attached hydrogen (secondary N) is 1. The van der Waals surface area contributed by atoms with E-state index in [1.54, 1.807) is 7.05 Å². The molecule has 1 N–H and O–H groups in total. The normalized spacial score (nSPS) is 11.0. The predicted molar refractivity (Wildman–Crippen MR) is 124 cm³/mol. The fourth-order valence-corrected chi connectivity index (χ4v) is 4.16. The first kappa shape index (κ1) is 19.8. The summed E-state index contributed by atoms with van der Waals surface area (Å²) in [6.07, 6.45) is 2.81. The number of thiazole rings is 1. The number of carbonyl (C=O) groups excluding carboxylic acids is 1. The molecule has 158 valence electrons. The van der Waals surface area contributed by atoms with Crippen LogP contribution in [0.1, 0.15) is 0 Å². The van der Waals surface area contributed by atoms with Gasteiger partial charge in [-0.25, -0.2) is 9.97 Å². The SMILES string of the molecule is Cn1ncc2c(=O)n(CC(=O)Nc3nc(-c4ccc(-c5ccccc5)cc4)cs3)cnc21. The zero-order valence-corrected chi connectivity index (χ0v) is 17.9. The first-order valence-corrected chi connectivity index (χ1v) is 10.7. The smallest absolute Gasteiger partial charge is 0.264 e. The molecule has 8 nitrogen and oxygen atoms in total. The van der Waals surface area contributed by atoms with Crippen LogP contribution in [0.15, 0.2) is 77.3 Å². The lowest BCUT2D eigenvalue weighted by Gasteiger charge is -2.05. The fraction of sp³-hybridized carbons (Fsp3) is 0.0870. The Bertz CT molecular complexity index is 1470. The van der Waals surface area contributed by atoms with Crippen LogP contribution in [0.3, 0.4) is 0 Å². The van der Waals surface area contributed by atoms with E-state index in [0.29, 0.717) is 16.2 Å². The van der Waals surface area contributed by atoms with Crippen molar-refractivity contribution in [2.75, 3.05) is 5.32 Å². The van der Waals surface area contributed by atoms with E-state index in [2.05, 4.69) is 44.6 Å². The summed E-state index contributed by atoms with van der Waals surface area (Å²) in [7, 11) is 1.71. The van der Waals surface area contributed by atoms with Crippen molar-refractivity contribution < 1.29 is 4.79 Å². The van der Waals surface area contributed by atoms with Gasteiger partial charge >= 0.3 is 0 Å². The highest BCUT2D eigenvalue weighted by Crippen LogP contribution is 2.27. The Morgan fingerprint density at radius 1 is 1.03 bits per heavy atom. The Morgan fingerprint density at radius 2 is 1.75 bits per heavy atom. The summed E-state index contributed by atoms with van der Waals surface area (Å²) < 4.78 is 2.78. The molecule has 5 rings (SSSR count). The third-order valence-electron chi connectivity index (χ3n) is 5.07. The van der Waals surface area contributed by atoms with Gasteiger partial charge < -0.3 is 5.32 Å². The summed E-state index contributed by atoms with van der Waals surface area (Å²) in [4.78, 5) is 33.7. The number of amides is 1. The average molecular weight is 443 g/mol. The zero-order chi connectivity index (χ0) is 22.1. The molecule has 0 radical (unpaired) electrons. The van der Waals surface area contributed by atoms with Crippen molar-refractivity contribution in [3.8, 4) is 22.4 Å². The summed E-state index contributed by atoms with van der Waals surface area (Å²) in [5.74, 6) is -0.350. The van der Waals surface area contributed by atoms with Gasteiger partial charge in [0.1, 0.15) is 18.3 Å². The summed E-state index contributed by atoms with van der Waals surface area (Å²) in [6.45, 7) is -0.155. The predicted octanol–water partition coefficient (Wildman–Crippen LogP) is 3.56. The minimum atomic E-state index is -0.350. The molecule has 0 aliphatic rings. The standard InChI is InChI=1S/C23H18N6O2S/c1-28-21-18(11-25-28)22(31)29(14-24-21)12-20(30)27-23-26-19(13-32-23)17-9-7-16(8-10-17)15-5-3-2-4-6-15/h2-11,13-14H,12H2,1H3,(H,26,27,30). The Hall–Kier alpha value is -4.11. The minimum Gasteiger partial charge on any atom is -0.300 e. The molecule has 0 saturated heterocycles. The largest absolute Gasteiger partial charge is 0.300 e. The molecular formula is C23H18N6O2S. The highest BCUT2D eigenvalue weighted by atomic mass is 32.1. The fourth-order valence-electron chi connectivity index (χ4n) is 3.42. The topological polar surface area (TPSA) is 94.7 Å². The molecule has 3 aromatic heterocycles. The van der Waals surface area contributed by atoms with Gasteiger partial charge in [-0.3, -0.25) is 18.8 Å². The number of benzene rings is 2. The summed E-state index contributed by atoms with van der Waals surface area (Å²) in [5, 5.41) is 9.53. The van der Waals surface area contributed by atoms with Crippen molar-refractivity contribution in [1.82, 2.24) is 24.3 Å². The van der Waals surface area contributed by atoms with Crippen molar-refractivity contribution in [1.29, 1.82) is 0 Å². The number of hydrogen-bond donors (Lipinski definition) is 1. The van der Waals surface area contributed by atoms with Crippen LogP contribution in [-0.2, 0) is 18.4 Å². The monoisotopic (exact) mass is 442 g/mol. The molecule has 0 aliphatic heterocycles. The van der Waals surface area contributed by atoms with E-state index in [0.717, 1.165) is 22.4 Å². The summed E-state index contributed by atoms with van der Waals surface area (Å²) in [5.41, 5.74) is 4.19. The van der Waals surface area contributed by atoms with Crippen LogP contribution in [0.5, 0.6) is 0 Å². The Kier molecular flexibility index (Phi) is 5.08. The second kappa shape index (κ2) is 8.20. The quantitative estimate of drug-likeness (QED) is 0.449. The maximum Gasteiger partial charge on any atom is 0.264 e. The van der Waals surface area contributed by atoms with Gasteiger partial charge in [-0.1, -0.05) is 54.6 Å². The molecule has 5 aromatic rings. The lowest BCUT2D eigenvalue weighted by molar-refractivity contribution is -0.116. The number of anilines is 1. The van der Waals surface area contributed by atoms with Crippen molar-refractivity contribution in [3.63, 3.8) is 0 Å². The van der Waals surface area contributed by atoms with Crippen molar-refractivity contribution in [2.45, 2.75) is 6.54 Å². The van der Waals surface area contributed by atoms with Gasteiger partial charge in [-0.2, -0.15) is 5.10 Å². The summed E-state index contributed by atoms with van der Waals surface area (Å²) >= 11 is 1.33. The molecule has 0 aliphatic carbocycles. The van der Waals surface area contributed by atoms with Gasteiger partial charge in [0, 0.05) is 18.0 Å². The molecule has 0 bridgehead atoms. The first-order chi connectivity index (χ1) is 15.6. The molecule has 2 aromatic carbocycles. The van der Waals surface area contributed by atoms with E-state index in [1.807, 2.05) is 35.7 Å². The van der Waals surface area contributed by atoms with Crippen molar-refractivity contribution in [2.24, 2.45) is 7.05 Å². The molecule has 0 atom stereocenters. The van der Waals surface area contributed by atoms with Gasteiger partial charge in [0.05, 0.1) is 11.9 Å². The van der Waals surface area contributed by atoms with Crippen LogP contribution in [-0.4, -0.2) is 30.2 Å². The highest BCUT2D eigenvalue weighted by molar-refractivity contribution is 7.14. The van der Waals surface area contributed by atoms with Gasteiger partial charge in [-0.15, -0.1) is 11.3 Å². The van der Waals surface area contributed by atoms with Crippen LogP contribution >= 0.6 is 11.3 Å². The molecule has 3 heterocycles. The lowest BCUT2D eigenvalue weighted by atomic mass is 10.0. The number of hydrogen-bond acceptors (Lipinski definition) is 6. The molecule has 1 amide bonds. The van der Waals surface area contributed by atoms with E-state index >= 15 is 0 Å². The minimum absolute atomic E-state index is 0.155. The molecule has 0 spiro atoms. The Labute approximate surface area is 186 Å². The van der Waals surface area contributed by atoms with Gasteiger partial charge in [0.15, 0.2) is 10.8 Å². The first-order valence-electron chi connectivity index (χ1n) is 9.87. The Balaban J connectivity index is 1.28. The number of nitrogens with zero attached hydrogens (tertiary/aromatic N) is 5. The number of fused-ring (bicyclic) bond motifs is 1. The number of rotatable bonds is 5. The van der Waals surface area contributed by atoms with Crippen molar-refractivity contribution >= 4 is 33.4 Å². The second-order valence-electron chi connectivity index (χ2n) is 7.21. The Morgan fingerprint density at radius 3 is 2.53 bits per heavy atom. The molecule has 0 saturated carbocycles. The van der Waals surface area contributed by atoms with Gasteiger partial charge in [-0.05, 0) is 11.1 Å². The maximum atomic E-state index is 12.5. The van der Waals surface area contributed by atoms with E-state index in [9.17, 15) is 9.59 Å². The number of aryl methyl sites for hydroxylation is 1. The molecule has 32 heavy (non-hydrogen) atoms. The van der Waals surface area contributed by atoms with Crippen LogP contribution < -0.4 is 10.9 Å². The van der Waals surface area contributed by atoms with Crippen molar-refractivity contribution in [3.05, 3.63) is 82.9 Å². The second-order valence-corrected chi connectivity index (χ2v) is 8.07. The lowest BCUT2D eigenvalue weighted by Crippen LogP contribution is -2.27. The van der Waals surface area contributed by atoms with Crippen LogP contribution in [0.4, 0.5) is 5.13 Å². The molecule has 0 unspecified atom stereocenters. The maximum absolute atomic E-state index is 12.5. The molecule has 9 heteroatoms. The highest BCUT2D eigenvalue weighted by Gasteiger charge is 2.13. The average Bonchev–Trinajstić information content (AvgIpc) is 3.43. The van der Waals surface area contributed by atoms with E-state index in [1.165, 1.54) is 33.1 Å². The van der Waals surface area contributed by atoms with Crippen LogP contribution in [0, 0.1) is 0 Å². The zero-order valence-electron chi connectivity index (χ0n) is 17.1. The third kappa shape index (κ3) is 3.81. The van der Waals surface area contributed by atoms with Crippen LogP contribution in [0.25, 0.3) is 33.4 Å². The van der Waals surface area contributed by atoms with Gasteiger partial charge in [0.25, 0.3) is 5.56 Å². The van der Waals surface area contributed by atoms with Crippen LogP contribution in [0.2, 0.25) is 0 Å². The van der Waals surface area contributed by atoms with E-state index < -0.39 is 0 Å². The number of aromatic nitrogens is 5. The summed E-state index contributed by atoms with van der Waals surface area (Å²) in [6, 6.07) is 18.3. The van der Waals surface area contributed by atoms with E-state index in [-0.39, 0.29) is 18.0 Å².